The van der Waals surface area contributed by atoms with Crippen LogP contribution in [0.2, 0.25) is 0 Å². The van der Waals surface area contributed by atoms with E-state index in [1.165, 1.54) is 6.07 Å². The van der Waals surface area contributed by atoms with Crippen LogP contribution in [-0.4, -0.2) is 51.9 Å². The molecule has 2 bridgehead atoms. The summed E-state index contributed by atoms with van der Waals surface area (Å²) in [6.45, 7) is 0.873. The fourth-order valence-electron chi connectivity index (χ4n) is 5.44. The second-order valence-corrected chi connectivity index (χ2v) is 7.35. The number of phenolic OH excluding ortho intramolecular Hbond substituents is 1. The Kier molecular flexibility index (Phi) is 2.54. The van der Waals surface area contributed by atoms with Crippen molar-refractivity contribution in [3.8, 4) is 11.5 Å². The van der Waals surface area contributed by atoms with E-state index in [0.717, 1.165) is 24.1 Å². The molecule has 5 rings (SSSR count). The van der Waals surface area contributed by atoms with Gasteiger partial charge in [0.1, 0.15) is 12.2 Å². The molecular formula is C17H18N2O5. The van der Waals surface area contributed by atoms with Gasteiger partial charge in [-0.05, 0) is 32.0 Å². The van der Waals surface area contributed by atoms with Crippen LogP contribution < -0.4 is 4.74 Å². The summed E-state index contributed by atoms with van der Waals surface area (Å²) in [6.07, 6.45) is 4.05. The van der Waals surface area contributed by atoms with Crippen LogP contribution in [-0.2, 0) is 11.8 Å². The molecule has 2 aliphatic heterocycles. The van der Waals surface area contributed by atoms with E-state index in [0.29, 0.717) is 6.42 Å². The zero-order valence-corrected chi connectivity index (χ0v) is 13.2. The lowest BCUT2D eigenvalue weighted by atomic mass is 9.53. The van der Waals surface area contributed by atoms with Gasteiger partial charge in [0.2, 0.25) is 5.75 Å². The number of likely N-dealkylation sites (tertiary alicyclic amines) is 1. The first-order chi connectivity index (χ1) is 11.4. The van der Waals surface area contributed by atoms with Crippen molar-refractivity contribution in [1.29, 1.82) is 0 Å². The molecule has 2 heterocycles. The predicted molar refractivity (Wildman–Crippen MR) is 84.2 cm³/mol. The van der Waals surface area contributed by atoms with Gasteiger partial charge in [-0.1, -0.05) is 12.2 Å². The van der Waals surface area contributed by atoms with Crippen LogP contribution in [0.5, 0.6) is 11.5 Å². The van der Waals surface area contributed by atoms with Gasteiger partial charge in [-0.25, -0.2) is 0 Å². The van der Waals surface area contributed by atoms with E-state index >= 15 is 0 Å². The zero-order valence-electron chi connectivity index (χ0n) is 13.2. The van der Waals surface area contributed by atoms with Crippen molar-refractivity contribution < 1.29 is 19.9 Å². The number of aliphatic hydroxyl groups is 1. The number of nitro groups is 1. The lowest BCUT2D eigenvalue weighted by Gasteiger charge is -2.56. The highest BCUT2D eigenvalue weighted by Gasteiger charge is 2.64. The van der Waals surface area contributed by atoms with Gasteiger partial charge >= 0.3 is 5.69 Å². The first-order valence-electron chi connectivity index (χ1n) is 8.22. The Morgan fingerprint density at radius 3 is 3.00 bits per heavy atom. The quantitative estimate of drug-likeness (QED) is 0.455. The molecule has 2 aliphatic carbocycles. The number of aliphatic hydroxyl groups excluding tert-OH is 1. The summed E-state index contributed by atoms with van der Waals surface area (Å²) in [5.41, 5.74) is 1.03. The SMILES string of the molecule is CN1CC[C@]23c4c5cc([N+](=O)[O-])c(O)c4O[C@H]2[C@@H](O)C=C[C@H]3[C@H]1C5. The van der Waals surface area contributed by atoms with E-state index in [1.807, 2.05) is 0 Å². The van der Waals surface area contributed by atoms with Crippen molar-refractivity contribution in [3.63, 3.8) is 0 Å². The maximum absolute atomic E-state index is 11.3. The summed E-state index contributed by atoms with van der Waals surface area (Å²) < 4.78 is 5.97. The molecule has 7 nitrogen and oxygen atoms in total. The molecule has 2 N–H and O–H groups in total. The largest absolute Gasteiger partial charge is 0.500 e. The summed E-state index contributed by atoms with van der Waals surface area (Å²) in [5.74, 6) is -0.0231. The van der Waals surface area contributed by atoms with Crippen LogP contribution in [0.1, 0.15) is 17.5 Å². The molecule has 1 spiro atoms. The van der Waals surface area contributed by atoms with Gasteiger partial charge in [-0.15, -0.1) is 0 Å². The molecule has 24 heavy (non-hydrogen) atoms. The fourth-order valence-corrected chi connectivity index (χ4v) is 5.44. The van der Waals surface area contributed by atoms with Crippen molar-refractivity contribution in [3.05, 3.63) is 39.5 Å². The number of likely N-dealkylation sites (N-methyl/N-ethyl adjacent to an activating group) is 1. The summed E-state index contributed by atoms with van der Waals surface area (Å²) in [5, 5.41) is 32.2. The summed E-state index contributed by atoms with van der Waals surface area (Å²) in [7, 11) is 2.07. The number of piperidine rings is 1. The standard InChI is InChI=1S/C17H18N2O5/c1-18-5-4-17-9-2-3-12(20)16(17)24-15-13(17)8(6-10(9)18)7-11(14(15)21)19(22)23/h2-3,7,9-10,12,16,20-21H,4-6H2,1H3/t9-,10+,12-,16-,17-/m0/s1. The van der Waals surface area contributed by atoms with Crippen molar-refractivity contribution >= 4 is 5.69 Å². The van der Waals surface area contributed by atoms with E-state index in [-0.39, 0.29) is 23.4 Å². The van der Waals surface area contributed by atoms with Crippen molar-refractivity contribution in [2.24, 2.45) is 5.92 Å². The summed E-state index contributed by atoms with van der Waals surface area (Å²) >= 11 is 0. The van der Waals surface area contributed by atoms with E-state index in [2.05, 4.69) is 18.0 Å². The molecule has 7 heteroatoms. The molecule has 5 atom stereocenters. The second kappa shape index (κ2) is 4.29. The highest BCUT2D eigenvalue weighted by Crippen LogP contribution is 2.63. The fraction of sp³-hybridized carbons (Fsp3) is 0.529. The van der Waals surface area contributed by atoms with Crippen LogP contribution >= 0.6 is 0 Å². The second-order valence-electron chi connectivity index (χ2n) is 7.35. The maximum Gasteiger partial charge on any atom is 0.314 e. The highest BCUT2D eigenvalue weighted by molar-refractivity contribution is 5.68. The van der Waals surface area contributed by atoms with Crippen LogP contribution in [0, 0.1) is 16.0 Å². The van der Waals surface area contributed by atoms with E-state index in [1.54, 1.807) is 6.08 Å². The Morgan fingerprint density at radius 2 is 2.25 bits per heavy atom. The third-order valence-corrected chi connectivity index (χ3v) is 6.44. The van der Waals surface area contributed by atoms with Crippen molar-refractivity contribution in [1.82, 2.24) is 4.90 Å². The monoisotopic (exact) mass is 330 g/mol. The molecular weight excluding hydrogens is 312 g/mol. The minimum Gasteiger partial charge on any atom is -0.500 e. The van der Waals surface area contributed by atoms with Crippen LogP contribution in [0.4, 0.5) is 5.69 Å². The Hall–Kier alpha value is -2.12. The molecule has 0 aromatic heterocycles. The number of hydrogen-bond donors (Lipinski definition) is 2. The Morgan fingerprint density at radius 1 is 1.46 bits per heavy atom. The number of aromatic hydroxyl groups is 1. The van der Waals surface area contributed by atoms with Gasteiger partial charge < -0.3 is 19.8 Å². The third kappa shape index (κ3) is 1.41. The highest BCUT2D eigenvalue weighted by atomic mass is 16.6. The number of ether oxygens (including phenoxy) is 1. The molecule has 0 unspecified atom stereocenters. The number of hydrogen-bond acceptors (Lipinski definition) is 6. The molecule has 126 valence electrons. The molecule has 1 saturated heterocycles. The van der Waals surface area contributed by atoms with Gasteiger partial charge in [-0.3, -0.25) is 10.1 Å². The average Bonchev–Trinajstić information content (AvgIpc) is 2.90. The minimum absolute atomic E-state index is 0.180. The molecule has 0 radical (unpaired) electrons. The predicted octanol–water partition coefficient (Wildman–Crippen LogP) is 1.11. The van der Waals surface area contributed by atoms with E-state index in [9.17, 15) is 20.3 Å². The van der Waals surface area contributed by atoms with E-state index in [4.69, 9.17) is 4.74 Å². The van der Waals surface area contributed by atoms with Gasteiger partial charge in [-0.2, -0.15) is 0 Å². The number of benzene rings is 1. The molecule has 1 aromatic carbocycles. The molecule has 1 aromatic rings. The Bertz CT molecular complexity index is 807. The van der Waals surface area contributed by atoms with Gasteiger partial charge in [0.25, 0.3) is 0 Å². The average molecular weight is 330 g/mol. The summed E-state index contributed by atoms with van der Waals surface area (Å²) in [4.78, 5) is 13.0. The van der Waals surface area contributed by atoms with Crippen molar-refractivity contribution in [2.45, 2.75) is 36.5 Å². The van der Waals surface area contributed by atoms with E-state index < -0.39 is 28.3 Å². The third-order valence-electron chi connectivity index (χ3n) is 6.44. The molecule has 4 aliphatic rings. The molecule has 0 amide bonds. The number of nitro benzene ring substituents is 1. The summed E-state index contributed by atoms with van der Waals surface area (Å²) in [6, 6.07) is 1.71. The first kappa shape index (κ1) is 14.2. The Labute approximate surface area is 138 Å². The number of phenols is 1. The molecule has 0 saturated carbocycles. The first-order valence-corrected chi connectivity index (χ1v) is 8.22. The Balaban J connectivity index is 1.84. The van der Waals surface area contributed by atoms with Gasteiger partial charge in [0.15, 0.2) is 5.75 Å². The maximum atomic E-state index is 11.3. The smallest absolute Gasteiger partial charge is 0.314 e. The van der Waals surface area contributed by atoms with Crippen molar-refractivity contribution in [2.75, 3.05) is 13.6 Å². The minimum atomic E-state index is -0.776. The molecule has 1 fully saturated rings. The number of nitrogens with zero attached hydrogens (tertiary/aromatic N) is 2. The van der Waals surface area contributed by atoms with Gasteiger partial charge in [0.05, 0.1) is 4.92 Å². The van der Waals surface area contributed by atoms with Crippen LogP contribution in [0.25, 0.3) is 0 Å². The van der Waals surface area contributed by atoms with Crippen LogP contribution in [0.15, 0.2) is 18.2 Å². The lowest BCUT2D eigenvalue weighted by molar-refractivity contribution is -0.386. The number of rotatable bonds is 1. The van der Waals surface area contributed by atoms with Crippen LogP contribution in [0.3, 0.4) is 0 Å². The van der Waals surface area contributed by atoms with Gasteiger partial charge in [0, 0.05) is 29.0 Å². The normalized spacial score (nSPS) is 38.6. The zero-order chi connectivity index (χ0) is 16.8. The topological polar surface area (TPSA) is 96.1 Å². The lowest BCUT2D eigenvalue weighted by Crippen LogP contribution is -2.64.